The first kappa shape index (κ1) is 20.0. The summed E-state index contributed by atoms with van der Waals surface area (Å²) in [7, 11) is 1.58. The number of benzene rings is 1. The van der Waals surface area contributed by atoms with Crippen LogP contribution in [0.1, 0.15) is 12.0 Å². The molecule has 0 N–H and O–H groups in total. The molecule has 0 unspecified atom stereocenters. The second-order valence-electron chi connectivity index (χ2n) is 7.17. The smallest absolute Gasteiger partial charge is 0.231 e. The quantitative estimate of drug-likeness (QED) is 0.318. The van der Waals surface area contributed by atoms with Crippen molar-refractivity contribution in [3.05, 3.63) is 72.6 Å². The predicted molar refractivity (Wildman–Crippen MR) is 119 cm³/mol. The molecule has 5 rings (SSSR count). The standard InChI is InChI=1S/C24H22N4O4/c1-29-24-18-14-21(32-20(18)10-11-25-24)19-15-26-22-8-9-23(27-28(19)22)31-13-5-12-30-16-17-6-3-2-4-7-17/h2-4,6-11,14-15H,5,12-13,16H2,1H3. The first-order valence-corrected chi connectivity index (χ1v) is 10.3. The van der Waals surface area contributed by atoms with E-state index in [4.69, 9.17) is 18.6 Å². The molecular weight excluding hydrogens is 408 g/mol. The van der Waals surface area contributed by atoms with Gasteiger partial charge in [0.25, 0.3) is 0 Å². The Balaban J connectivity index is 1.25. The Morgan fingerprint density at radius 1 is 1.00 bits per heavy atom. The number of rotatable bonds is 9. The fraction of sp³-hybridized carbons (Fsp3) is 0.208. The van der Waals surface area contributed by atoms with Crippen LogP contribution < -0.4 is 9.47 Å². The van der Waals surface area contributed by atoms with Crippen molar-refractivity contribution in [2.45, 2.75) is 13.0 Å². The van der Waals surface area contributed by atoms with E-state index in [1.807, 2.05) is 48.5 Å². The van der Waals surface area contributed by atoms with Crippen LogP contribution in [0.3, 0.4) is 0 Å². The van der Waals surface area contributed by atoms with E-state index in [0.717, 1.165) is 23.1 Å². The number of hydrogen-bond donors (Lipinski definition) is 0. The number of methoxy groups -OCH3 is 1. The molecule has 0 saturated carbocycles. The summed E-state index contributed by atoms with van der Waals surface area (Å²) >= 11 is 0. The molecule has 4 aromatic heterocycles. The van der Waals surface area contributed by atoms with Crippen molar-refractivity contribution in [3.8, 4) is 23.2 Å². The highest BCUT2D eigenvalue weighted by Gasteiger charge is 2.15. The van der Waals surface area contributed by atoms with Gasteiger partial charge >= 0.3 is 0 Å². The Hall–Kier alpha value is -3.91. The van der Waals surface area contributed by atoms with Gasteiger partial charge in [0.05, 0.1) is 38.5 Å². The van der Waals surface area contributed by atoms with Crippen LogP contribution in [0.5, 0.6) is 11.8 Å². The Kier molecular flexibility index (Phi) is 5.67. The molecule has 0 saturated heterocycles. The Morgan fingerprint density at radius 3 is 2.78 bits per heavy atom. The molecule has 0 aliphatic heterocycles. The zero-order valence-corrected chi connectivity index (χ0v) is 17.6. The molecule has 0 spiro atoms. The summed E-state index contributed by atoms with van der Waals surface area (Å²) in [4.78, 5) is 8.63. The summed E-state index contributed by atoms with van der Waals surface area (Å²) in [5.41, 5.74) is 3.26. The second-order valence-corrected chi connectivity index (χ2v) is 7.17. The van der Waals surface area contributed by atoms with Crippen molar-refractivity contribution in [1.82, 2.24) is 19.6 Å². The summed E-state index contributed by atoms with van der Waals surface area (Å²) < 4.78 is 24.5. The van der Waals surface area contributed by atoms with Crippen molar-refractivity contribution in [2.75, 3.05) is 20.3 Å². The number of nitrogens with zero attached hydrogens (tertiary/aromatic N) is 4. The molecule has 1 aromatic carbocycles. The van der Waals surface area contributed by atoms with E-state index in [1.165, 1.54) is 0 Å². The minimum absolute atomic E-state index is 0.505. The summed E-state index contributed by atoms with van der Waals surface area (Å²) in [5.74, 6) is 1.64. The number of furan rings is 1. The normalized spacial score (nSPS) is 11.3. The number of hydrogen-bond acceptors (Lipinski definition) is 7. The maximum Gasteiger partial charge on any atom is 0.231 e. The molecule has 5 aromatic rings. The molecule has 0 bridgehead atoms. The molecular formula is C24H22N4O4. The van der Waals surface area contributed by atoms with E-state index in [2.05, 4.69) is 15.1 Å². The molecule has 0 atom stereocenters. The molecule has 0 amide bonds. The van der Waals surface area contributed by atoms with Crippen LogP contribution in [-0.2, 0) is 11.3 Å². The molecule has 8 heteroatoms. The average Bonchev–Trinajstić information content (AvgIpc) is 3.45. The van der Waals surface area contributed by atoms with E-state index < -0.39 is 0 Å². The van der Waals surface area contributed by atoms with Gasteiger partial charge in [-0.05, 0) is 17.7 Å². The predicted octanol–water partition coefficient (Wildman–Crippen LogP) is 4.53. The van der Waals surface area contributed by atoms with Crippen molar-refractivity contribution in [3.63, 3.8) is 0 Å². The zero-order valence-electron chi connectivity index (χ0n) is 17.6. The lowest BCUT2D eigenvalue weighted by molar-refractivity contribution is 0.106. The van der Waals surface area contributed by atoms with Crippen molar-refractivity contribution < 1.29 is 18.6 Å². The Morgan fingerprint density at radius 2 is 1.91 bits per heavy atom. The summed E-state index contributed by atoms with van der Waals surface area (Å²) in [6.07, 6.45) is 4.14. The van der Waals surface area contributed by atoms with Crippen LogP contribution in [0, 0.1) is 0 Å². The van der Waals surface area contributed by atoms with E-state index >= 15 is 0 Å². The number of ether oxygens (including phenoxy) is 3. The fourth-order valence-electron chi connectivity index (χ4n) is 3.43. The van der Waals surface area contributed by atoms with Gasteiger partial charge < -0.3 is 18.6 Å². The third-order valence-electron chi connectivity index (χ3n) is 4.99. The number of pyridine rings is 1. The summed E-state index contributed by atoms with van der Waals surface area (Å²) in [6.45, 7) is 1.72. The first-order valence-electron chi connectivity index (χ1n) is 10.3. The van der Waals surface area contributed by atoms with Gasteiger partial charge in [0.15, 0.2) is 11.4 Å². The Bertz CT molecular complexity index is 1330. The zero-order chi connectivity index (χ0) is 21.8. The maximum absolute atomic E-state index is 5.99. The van der Waals surface area contributed by atoms with Crippen LogP contribution >= 0.6 is 0 Å². The summed E-state index contributed by atoms with van der Waals surface area (Å²) in [5, 5.41) is 5.37. The lowest BCUT2D eigenvalue weighted by atomic mass is 10.2. The van der Waals surface area contributed by atoms with E-state index in [0.29, 0.717) is 48.6 Å². The third kappa shape index (κ3) is 4.13. The van der Waals surface area contributed by atoms with Gasteiger partial charge in [0, 0.05) is 24.8 Å². The van der Waals surface area contributed by atoms with Gasteiger partial charge in [-0.1, -0.05) is 30.3 Å². The SMILES string of the molecule is COc1nccc2oc(-c3cnc4ccc(OCCCOCc5ccccc5)nn34)cc12. The molecule has 32 heavy (non-hydrogen) atoms. The Labute approximate surface area is 184 Å². The number of imidazole rings is 1. The van der Waals surface area contributed by atoms with Gasteiger partial charge in [-0.15, -0.1) is 5.10 Å². The highest BCUT2D eigenvalue weighted by Crippen LogP contribution is 2.32. The largest absolute Gasteiger partial charge is 0.480 e. The van der Waals surface area contributed by atoms with Crippen LogP contribution in [0.15, 0.2) is 71.4 Å². The molecule has 4 heterocycles. The first-order chi connectivity index (χ1) is 15.8. The van der Waals surface area contributed by atoms with Crippen molar-refractivity contribution in [1.29, 1.82) is 0 Å². The molecule has 162 valence electrons. The van der Waals surface area contributed by atoms with E-state index in [9.17, 15) is 0 Å². The van der Waals surface area contributed by atoms with Gasteiger partial charge in [-0.2, -0.15) is 0 Å². The minimum Gasteiger partial charge on any atom is -0.480 e. The lowest BCUT2D eigenvalue weighted by Crippen LogP contribution is -2.05. The molecule has 0 radical (unpaired) electrons. The van der Waals surface area contributed by atoms with Gasteiger partial charge in [-0.3, -0.25) is 0 Å². The molecule has 0 aliphatic rings. The highest BCUT2D eigenvalue weighted by molar-refractivity contribution is 5.86. The topological polar surface area (TPSA) is 83.9 Å². The highest BCUT2D eigenvalue weighted by atomic mass is 16.5. The number of aromatic nitrogens is 4. The number of fused-ring (bicyclic) bond motifs is 2. The van der Waals surface area contributed by atoms with Crippen molar-refractivity contribution in [2.24, 2.45) is 0 Å². The second kappa shape index (κ2) is 9.07. The maximum atomic E-state index is 5.99. The minimum atomic E-state index is 0.505. The van der Waals surface area contributed by atoms with Crippen LogP contribution in [0.25, 0.3) is 28.1 Å². The molecule has 0 aliphatic carbocycles. The van der Waals surface area contributed by atoms with Crippen LogP contribution in [0.2, 0.25) is 0 Å². The fourth-order valence-corrected chi connectivity index (χ4v) is 3.43. The van der Waals surface area contributed by atoms with E-state index in [1.54, 1.807) is 30.1 Å². The lowest BCUT2D eigenvalue weighted by Gasteiger charge is -2.07. The van der Waals surface area contributed by atoms with Gasteiger partial charge in [-0.25, -0.2) is 14.5 Å². The van der Waals surface area contributed by atoms with Crippen LogP contribution in [0.4, 0.5) is 0 Å². The van der Waals surface area contributed by atoms with Gasteiger partial charge in [0.1, 0.15) is 11.3 Å². The molecule has 8 nitrogen and oxygen atoms in total. The van der Waals surface area contributed by atoms with Crippen LogP contribution in [-0.4, -0.2) is 39.9 Å². The monoisotopic (exact) mass is 430 g/mol. The molecule has 0 fully saturated rings. The van der Waals surface area contributed by atoms with E-state index in [-0.39, 0.29) is 0 Å². The van der Waals surface area contributed by atoms with Crippen molar-refractivity contribution >= 4 is 16.6 Å². The van der Waals surface area contributed by atoms with Gasteiger partial charge in [0.2, 0.25) is 11.8 Å². The summed E-state index contributed by atoms with van der Waals surface area (Å²) in [6, 6.07) is 17.5. The third-order valence-corrected chi connectivity index (χ3v) is 4.99. The average molecular weight is 430 g/mol.